The number of aliphatic hydroxyl groups excluding tert-OH is 1. The number of carbonyl (C=O) groups is 2. The number of fused-ring (bicyclic) bond motifs is 1. The number of thioether (sulfide) groups is 1. The molecule has 33 heavy (non-hydrogen) atoms. The molecule has 2 aliphatic heterocycles. The lowest BCUT2D eigenvalue weighted by atomic mass is 10.0. The zero-order chi connectivity index (χ0) is 23.4. The highest BCUT2D eigenvalue weighted by Gasteiger charge is 2.37. The van der Waals surface area contributed by atoms with Gasteiger partial charge >= 0.3 is 0 Å². The minimum absolute atomic E-state index is 0.332. The number of hydrogen-bond acceptors (Lipinski definition) is 5. The molecule has 2 aromatic carbocycles. The summed E-state index contributed by atoms with van der Waals surface area (Å²) in [4.78, 5) is 28.1. The summed E-state index contributed by atoms with van der Waals surface area (Å²) in [5.74, 6) is 0.235. The Balaban J connectivity index is 1.30. The van der Waals surface area contributed by atoms with Crippen molar-refractivity contribution in [2.75, 3.05) is 19.4 Å². The normalized spacial score (nSPS) is 19.1. The highest BCUT2D eigenvalue weighted by atomic mass is 35.5. The SMILES string of the molecule is CO[C@@H](C(=O)NCC1=CC(Cc2ccccc2Cl)CS1)[C@@H](O)C(=O)N1Cc2ccccc2C1. The average Bonchev–Trinajstić information content (AvgIpc) is 3.46. The number of nitrogens with zero attached hydrogens (tertiary/aromatic N) is 1. The molecular weight excluding hydrogens is 460 g/mol. The van der Waals surface area contributed by atoms with Crippen molar-refractivity contribution in [3.63, 3.8) is 0 Å². The van der Waals surface area contributed by atoms with Crippen molar-refractivity contribution in [3.05, 3.63) is 81.2 Å². The van der Waals surface area contributed by atoms with Gasteiger partial charge in [0.1, 0.15) is 0 Å². The van der Waals surface area contributed by atoms with Crippen molar-refractivity contribution < 1.29 is 19.4 Å². The summed E-state index contributed by atoms with van der Waals surface area (Å²) in [7, 11) is 1.32. The minimum atomic E-state index is -1.57. The number of methoxy groups -OCH3 is 1. The lowest BCUT2D eigenvalue weighted by Gasteiger charge is -2.24. The first-order valence-corrected chi connectivity index (χ1v) is 12.2. The number of amides is 2. The van der Waals surface area contributed by atoms with E-state index in [2.05, 4.69) is 11.4 Å². The van der Waals surface area contributed by atoms with E-state index in [1.807, 2.05) is 48.5 Å². The maximum Gasteiger partial charge on any atom is 0.255 e. The van der Waals surface area contributed by atoms with Crippen LogP contribution in [0.2, 0.25) is 5.02 Å². The summed E-state index contributed by atoms with van der Waals surface area (Å²) in [6.07, 6.45) is 0.157. The van der Waals surface area contributed by atoms with Gasteiger partial charge in [-0.25, -0.2) is 0 Å². The second-order valence-electron chi connectivity index (χ2n) is 8.28. The first-order valence-electron chi connectivity index (χ1n) is 10.9. The highest BCUT2D eigenvalue weighted by molar-refractivity contribution is 8.03. The molecule has 8 heteroatoms. The zero-order valence-corrected chi connectivity index (χ0v) is 19.9. The van der Waals surface area contributed by atoms with Crippen LogP contribution >= 0.6 is 23.4 Å². The lowest BCUT2D eigenvalue weighted by Crippen LogP contribution is -2.50. The van der Waals surface area contributed by atoms with Crippen LogP contribution in [-0.2, 0) is 33.8 Å². The smallest absolute Gasteiger partial charge is 0.255 e. The fourth-order valence-electron chi connectivity index (χ4n) is 4.21. The molecule has 6 nitrogen and oxygen atoms in total. The first-order chi connectivity index (χ1) is 16.0. The van der Waals surface area contributed by atoms with E-state index >= 15 is 0 Å². The largest absolute Gasteiger partial charge is 0.380 e. The second kappa shape index (κ2) is 10.7. The standard InChI is InChI=1S/C25H27ClN2O4S/c1-32-23(22(29)25(31)28-13-18-7-2-3-8-19(18)14-28)24(30)27-12-20-11-16(15-33-20)10-17-6-4-5-9-21(17)26/h2-9,11,16,22-23,29H,10,12-15H2,1H3,(H,27,30)/t16?,22-,23-/m1/s1. The summed E-state index contributed by atoms with van der Waals surface area (Å²) in [5, 5.41) is 14.2. The Bertz CT molecular complexity index is 1040. The van der Waals surface area contributed by atoms with E-state index in [1.54, 1.807) is 16.7 Å². The number of benzene rings is 2. The van der Waals surface area contributed by atoms with Gasteiger partial charge in [-0.2, -0.15) is 0 Å². The van der Waals surface area contributed by atoms with E-state index in [0.29, 0.717) is 25.6 Å². The Morgan fingerprint density at radius 3 is 2.52 bits per heavy atom. The van der Waals surface area contributed by atoms with Crippen LogP contribution in [0, 0.1) is 5.92 Å². The van der Waals surface area contributed by atoms with Gasteiger partial charge in [-0.3, -0.25) is 9.59 Å². The fraction of sp³-hybridized carbons (Fsp3) is 0.360. The Labute approximate surface area is 202 Å². The van der Waals surface area contributed by atoms with Gasteiger partial charge in [-0.15, -0.1) is 11.8 Å². The van der Waals surface area contributed by atoms with Gasteiger partial charge in [0.15, 0.2) is 12.2 Å². The molecular formula is C25H27ClN2O4S. The number of halogens is 1. The van der Waals surface area contributed by atoms with Crippen LogP contribution in [0.3, 0.4) is 0 Å². The molecule has 2 aromatic rings. The topological polar surface area (TPSA) is 78.9 Å². The van der Waals surface area contributed by atoms with E-state index in [0.717, 1.165) is 38.8 Å². The Morgan fingerprint density at radius 2 is 1.85 bits per heavy atom. The van der Waals surface area contributed by atoms with Crippen LogP contribution in [-0.4, -0.2) is 53.4 Å². The van der Waals surface area contributed by atoms with Gasteiger partial charge in [-0.05, 0) is 35.1 Å². The number of nitrogens with one attached hydrogen (secondary N) is 1. The number of rotatable bonds is 8. The summed E-state index contributed by atoms with van der Waals surface area (Å²) >= 11 is 7.96. The zero-order valence-electron chi connectivity index (χ0n) is 18.4. The first kappa shape index (κ1) is 23.8. The van der Waals surface area contributed by atoms with Gasteiger partial charge in [-0.1, -0.05) is 60.1 Å². The van der Waals surface area contributed by atoms with Gasteiger partial charge in [0.2, 0.25) is 0 Å². The van der Waals surface area contributed by atoms with Gasteiger partial charge in [0.25, 0.3) is 11.8 Å². The number of hydrogen-bond donors (Lipinski definition) is 2. The van der Waals surface area contributed by atoms with Crippen LogP contribution in [0.25, 0.3) is 0 Å². The van der Waals surface area contributed by atoms with Crippen molar-refractivity contribution in [2.45, 2.75) is 31.7 Å². The van der Waals surface area contributed by atoms with Crippen molar-refractivity contribution in [1.82, 2.24) is 10.2 Å². The van der Waals surface area contributed by atoms with Gasteiger partial charge < -0.3 is 20.1 Å². The Hall–Kier alpha value is -2.32. The third-order valence-electron chi connectivity index (χ3n) is 5.99. The molecule has 4 rings (SSSR count). The summed E-state index contributed by atoms with van der Waals surface area (Å²) in [5.41, 5.74) is 3.21. The molecule has 2 N–H and O–H groups in total. The van der Waals surface area contributed by atoms with Crippen LogP contribution in [0.4, 0.5) is 0 Å². The molecule has 0 saturated carbocycles. The van der Waals surface area contributed by atoms with Crippen LogP contribution in [0.1, 0.15) is 16.7 Å². The van der Waals surface area contributed by atoms with Crippen molar-refractivity contribution in [1.29, 1.82) is 0 Å². The monoisotopic (exact) mass is 486 g/mol. The third kappa shape index (κ3) is 5.61. The van der Waals surface area contributed by atoms with Crippen LogP contribution in [0.5, 0.6) is 0 Å². The van der Waals surface area contributed by atoms with E-state index in [4.69, 9.17) is 16.3 Å². The molecule has 0 aromatic heterocycles. The summed E-state index contributed by atoms with van der Waals surface area (Å²) in [6, 6.07) is 15.6. The second-order valence-corrected chi connectivity index (χ2v) is 9.84. The molecule has 0 bridgehead atoms. The molecule has 2 aliphatic rings. The van der Waals surface area contributed by atoms with Crippen molar-refractivity contribution in [3.8, 4) is 0 Å². The molecule has 3 atom stereocenters. The van der Waals surface area contributed by atoms with Crippen LogP contribution in [0.15, 0.2) is 59.5 Å². The summed E-state index contributed by atoms with van der Waals surface area (Å²) in [6.45, 7) is 1.17. The molecule has 2 amide bonds. The number of ether oxygens (including phenoxy) is 1. The Kier molecular flexibility index (Phi) is 7.75. The summed E-state index contributed by atoms with van der Waals surface area (Å²) < 4.78 is 5.21. The number of aliphatic hydroxyl groups is 1. The molecule has 0 radical (unpaired) electrons. The van der Waals surface area contributed by atoms with Crippen LogP contribution < -0.4 is 5.32 Å². The van der Waals surface area contributed by atoms with E-state index in [9.17, 15) is 14.7 Å². The fourth-order valence-corrected chi connectivity index (χ4v) is 5.53. The third-order valence-corrected chi connectivity index (χ3v) is 7.60. The predicted molar refractivity (Wildman–Crippen MR) is 130 cm³/mol. The Morgan fingerprint density at radius 1 is 1.18 bits per heavy atom. The van der Waals surface area contributed by atoms with Gasteiger partial charge in [0.05, 0.1) is 0 Å². The quantitative estimate of drug-likeness (QED) is 0.599. The molecule has 174 valence electrons. The average molecular weight is 487 g/mol. The molecule has 0 spiro atoms. The molecule has 1 unspecified atom stereocenters. The molecule has 0 aliphatic carbocycles. The lowest BCUT2D eigenvalue weighted by molar-refractivity contribution is -0.155. The van der Waals surface area contributed by atoms with E-state index in [-0.39, 0.29) is 0 Å². The molecule has 2 heterocycles. The van der Waals surface area contributed by atoms with Crippen molar-refractivity contribution in [2.24, 2.45) is 5.92 Å². The molecule has 0 saturated heterocycles. The number of carbonyl (C=O) groups excluding carboxylic acids is 2. The predicted octanol–water partition coefficient (Wildman–Crippen LogP) is 3.16. The highest BCUT2D eigenvalue weighted by Crippen LogP contribution is 2.32. The van der Waals surface area contributed by atoms with E-state index < -0.39 is 24.0 Å². The molecule has 0 fully saturated rings. The maximum atomic E-state index is 12.8. The number of allylic oxidation sites excluding steroid dienone is 1. The minimum Gasteiger partial charge on any atom is -0.380 e. The maximum absolute atomic E-state index is 12.8. The van der Waals surface area contributed by atoms with Crippen molar-refractivity contribution >= 4 is 35.2 Å². The van der Waals surface area contributed by atoms with E-state index in [1.165, 1.54) is 7.11 Å². The van der Waals surface area contributed by atoms with Gasteiger partial charge in [0, 0.05) is 42.4 Å².